The molecule has 0 saturated carbocycles. The third-order valence-electron chi connectivity index (χ3n) is 5.21. The molecule has 0 atom stereocenters. The molecule has 0 bridgehead atoms. The molecule has 0 radical (unpaired) electrons. The Morgan fingerprint density at radius 1 is 1.00 bits per heavy atom. The Balaban J connectivity index is 2.72. The second kappa shape index (κ2) is 8.25. The minimum Gasteiger partial charge on any atom is -0.478 e. The Kier molecular flexibility index (Phi) is 5.78. The number of carboxylic acids is 1. The molecule has 1 aliphatic carbocycles. The molecule has 174 valence electrons. The van der Waals surface area contributed by atoms with Gasteiger partial charge in [0.15, 0.2) is 11.6 Å². The van der Waals surface area contributed by atoms with Crippen molar-refractivity contribution in [2.45, 2.75) is 13.3 Å². The van der Waals surface area contributed by atoms with Crippen molar-refractivity contribution in [2.24, 2.45) is 5.73 Å². The van der Waals surface area contributed by atoms with Crippen molar-refractivity contribution in [1.29, 1.82) is 0 Å². The molecule has 0 unspecified atom stereocenters. The number of allylic oxidation sites excluding steroid dienone is 1. The zero-order valence-electron chi connectivity index (χ0n) is 17.3. The Hall–Kier alpha value is -4.85. The van der Waals surface area contributed by atoms with E-state index in [0.717, 1.165) is 0 Å². The van der Waals surface area contributed by atoms with Crippen LogP contribution in [0.4, 0.5) is 17.1 Å². The van der Waals surface area contributed by atoms with Crippen LogP contribution in [0.3, 0.4) is 0 Å². The number of carboxylic acid groups (broad SMARTS) is 1. The fraction of sp³-hybridized carbons (Fsp3) is 0.150. The van der Waals surface area contributed by atoms with Gasteiger partial charge in [-0.2, -0.15) is 0 Å². The summed E-state index contributed by atoms with van der Waals surface area (Å²) in [5.41, 5.74) is -2.31. The van der Waals surface area contributed by atoms with Crippen molar-refractivity contribution in [2.75, 3.05) is 6.54 Å². The Bertz CT molecular complexity index is 1390. The molecule has 1 aliphatic rings. The van der Waals surface area contributed by atoms with E-state index >= 15 is 0 Å². The minimum atomic E-state index is -1.77. The first-order valence-electron chi connectivity index (χ1n) is 9.37. The minimum absolute atomic E-state index is 0.221. The summed E-state index contributed by atoms with van der Waals surface area (Å²) >= 11 is 0. The largest absolute Gasteiger partial charge is 0.478 e. The average molecular weight is 470 g/mol. The predicted molar refractivity (Wildman–Crippen MR) is 114 cm³/mol. The van der Waals surface area contributed by atoms with Crippen LogP contribution in [0.25, 0.3) is 11.1 Å². The van der Waals surface area contributed by atoms with Crippen molar-refractivity contribution >= 4 is 34.6 Å². The van der Waals surface area contributed by atoms with Crippen molar-refractivity contribution in [3.05, 3.63) is 82.4 Å². The fourth-order valence-corrected chi connectivity index (χ4v) is 3.96. The van der Waals surface area contributed by atoms with E-state index in [2.05, 4.69) is 6.58 Å². The smallest absolute Gasteiger partial charge is 0.337 e. The molecular weight excluding hydrogens is 456 g/mol. The lowest BCUT2D eigenvalue weighted by atomic mass is 9.84. The lowest BCUT2D eigenvalue weighted by Crippen LogP contribution is -2.20. The second-order valence-corrected chi connectivity index (χ2v) is 7.27. The predicted octanol–water partition coefficient (Wildman–Crippen LogP) is 2.58. The van der Waals surface area contributed by atoms with Crippen LogP contribution in [-0.2, 0) is 6.42 Å². The van der Waals surface area contributed by atoms with Crippen LogP contribution in [0.15, 0.2) is 24.3 Å². The zero-order valence-corrected chi connectivity index (χ0v) is 17.3. The summed E-state index contributed by atoms with van der Waals surface area (Å²) < 4.78 is 0. The number of Topliss-reactive ketones (excluding diaryl/α,β-unsaturated/α-hetero) is 1. The number of rotatable bonds is 8. The highest BCUT2D eigenvalue weighted by atomic mass is 16.6. The average Bonchev–Trinajstić information content (AvgIpc) is 3.03. The number of nitro benzene ring substituents is 3. The van der Waals surface area contributed by atoms with Gasteiger partial charge >= 0.3 is 5.97 Å². The monoisotopic (exact) mass is 470 g/mol. The van der Waals surface area contributed by atoms with Crippen molar-refractivity contribution in [3.63, 3.8) is 0 Å². The highest BCUT2D eigenvalue weighted by molar-refractivity contribution is 6.32. The van der Waals surface area contributed by atoms with Gasteiger partial charge in [-0.3, -0.25) is 39.9 Å². The molecule has 0 saturated heterocycles. The highest BCUT2D eigenvalue weighted by Gasteiger charge is 2.47. The molecule has 14 heteroatoms. The third-order valence-corrected chi connectivity index (χ3v) is 5.21. The summed E-state index contributed by atoms with van der Waals surface area (Å²) in [6, 6.07) is 1.21. The fourth-order valence-electron chi connectivity index (χ4n) is 3.96. The highest BCUT2D eigenvalue weighted by Crippen LogP contribution is 2.52. The maximum atomic E-state index is 13.3. The number of nitrogens with two attached hydrogens (primary N) is 1. The second-order valence-electron chi connectivity index (χ2n) is 7.27. The topological polar surface area (TPSA) is 227 Å². The van der Waals surface area contributed by atoms with Crippen LogP contribution in [0, 0.1) is 30.3 Å². The van der Waals surface area contributed by atoms with Gasteiger partial charge in [-0.15, -0.1) is 0 Å². The van der Waals surface area contributed by atoms with Gasteiger partial charge < -0.3 is 10.8 Å². The zero-order chi connectivity index (χ0) is 25.6. The summed E-state index contributed by atoms with van der Waals surface area (Å²) in [6.45, 7) is 4.35. The van der Waals surface area contributed by atoms with Gasteiger partial charge in [-0.05, 0) is 25.5 Å². The van der Waals surface area contributed by atoms with Gasteiger partial charge in [0.2, 0.25) is 0 Å². The number of benzene rings is 2. The van der Waals surface area contributed by atoms with Crippen LogP contribution in [0.1, 0.15) is 49.1 Å². The molecule has 14 nitrogen and oxygen atoms in total. The number of hydrogen-bond acceptors (Lipinski definition) is 10. The molecule has 3 N–H and O–H groups in total. The van der Waals surface area contributed by atoms with Gasteiger partial charge in [0.25, 0.3) is 17.1 Å². The van der Waals surface area contributed by atoms with Crippen molar-refractivity contribution < 1.29 is 34.3 Å². The van der Waals surface area contributed by atoms with Crippen LogP contribution in [0.5, 0.6) is 0 Å². The number of fused-ring (bicyclic) bond motifs is 3. The van der Waals surface area contributed by atoms with Crippen LogP contribution < -0.4 is 5.73 Å². The molecule has 2 aromatic carbocycles. The Morgan fingerprint density at radius 2 is 1.62 bits per heavy atom. The lowest BCUT2D eigenvalue weighted by molar-refractivity contribution is -0.394. The number of carbonyl (C=O) groups is 3. The number of carbonyl (C=O) groups excluding carboxylic acids is 2. The Labute approximate surface area is 188 Å². The quantitative estimate of drug-likeness (QED) is 0.210. The number of nitrogens with zero attached hydrogens (tertiary/aromatic N) is 3. The molecular formula is C20H14N4O10. The van der Waals surface area contributed by atoms with Gasteiger partial charge in [0.05, 0.1) is 37.5 Å². The number of nitro groups is 3. The summed E-state index contributed by atoms with van der Waals surface area (Å²) in [7, 11) is 0. The molecule has 3 rings (SSSR count). The molecule has 0 aromatic heterocycles. The molecule has 34 heavy (non-hydrogen) atoms. The normalized spacial score (nSPS) is 11.5. The third kappa shape index (κ3) is 3.38. The van der Waals surface area contributed by atoms with Gasteiger partial charge in [-0.1, -0.05) is 6.58 Å². The maximum Gasteiger partial charge on any atom is 0.337 e. The molecule has 2 aromatic rings. The Morgan fingerprint density at radius 3 is 2.06 bits per heavy atom. The molecule has 0 amide bonds. The summed E-state index contributed by atoms with van der Waals surface area (Å²) in [5, 5.41) is 45.0. The molecule has 0 heterocycles. The van der Waals surface area contributed by atoms with Crippen LogP contribution >= 0.6 is 0 Å². The summed E-state index contributed by atoms with van der Waals surface area (Å²) in [6.07, 6.45) is -0.425. The van der Waals surface area contributed by atoms with Gasteiger partial charge in [-0.25, -0.2) is 4.79 Å². The van der Waals surface area contributed by atoms with E-state index in [-0.39, 0.29) is 12.1 Å². The molecule has 0 aliphatic heterocycles. The number of hydrogen-bond donors (Lipinski definition) is 2. The van der Waals surface area contributed by atoms with E-state index in [0.29, 0.717) is 12.1 Å². The number of ketones is 2. The first-order valence-corrected chi connectivity index (χ1v) is 9.37. The van der Waals surface area contributed by atoms with E-state index in [1.54, 1.807) is 0 Å². The van der Waals surface area contributed by atoms with Crippen molar-refractivity contribution in [1.82, 2.24) is 0 Å². The van der Waals surface area contributed by atoms with E-state index < -0.39 is 94.7 Å². The van der Waals surface area contributed by atoms with Crippen molar-refractivity contribution in [3.8, 4) is 11.1 Å². The molecule has 0 spiro atoms. The number of aromatic carboxylic acids is 1. The van der Waals surface area contributed by atoms with Gasteiger partial charge in [0.1, 0.15) is 0 Å². The lowest BCUT2D eigenvalue weighted by Gasteiger charge is -2.16. The van der Waals surface area contributed by atoms with E-state index in [1.165, 1.54) is 6.92 Å². The SMILES string of the molecule is C=C(C)C(=O)c1c(C(=O)O)c(CCN)c([N+](=O)[O-])c2c1C(=O)c1cc([N+](=O)[O-])cc([N+](=O)[O-])c1-2. The van der Waals surface area contributed by atoms with E-state index in [4.69, 9.17) is 5.73 Å². The first-order chi connectivity index (χ1) is 15.8. The molecule has 0 fully saturated rings. The maximum absolute atomic E-state index is 13.3. The first kappa shape index (κ1) is 23.8. The van der Waals surface area contributed by atoms with Gasteiger partial charge in [0, 0.05) is 28.3 Å². The van der Waals surface area contributed by atoms with Crippen LogP contribution in [-0.4, -0.2) is 44.0 Å². The van der Waals surface area contributed by atoms with Crippen LogP contribution in [0.2, 0.25) is 0 Å². The summed E-state index contributed by atoms with van der Waals surface area (Å²) in [5.74, 6) is -4.02. The summed E-state index contributed by atoms with van der Waals surface area (Å²) in [4.78, 5) is 70.5. The standard InChI is InChI=1S/C20H14N4O10/c1-7(2)18(25)15-13(20(27)28)9(3-4-21)17(24(33)34)14-12-10(19(26)16(14)15)5-8(22(29)30)6-11(12)23(31)32/h5-6H,1,3-4,21H2,2H3,(H,27,28). The van der Waals surface area contributed by atoms with E-state index in [1.807, 2.05) is 0 Å². The van der Waals surface area contributed by atoms with E-state index in [9.17, 15) is 49.8 Å². The number of non-ortho nitro benzene ring substituents is 1.